The van der Waals surface area contributed by atoms with E-state index in [2.05, 4.69) is 0 Å². The van der Waals surface area contributed by atoms with Crippen molar-refractivity contribution in [1.29, 1.82) is 0 Å². The van der Waals surface area contributed by atoms with Crippen LogP contribution < -0.4 is 0 Å². The SMILES string of the molecule is C[C@@]12CCC3CCCC[C@]3(OO1)O2. The van der Waals surface area contributed by atoms with Gasteiger partial charge in [0.1, 0.15) is 0 Å². The van der Waals surface area contributed by atoms with Crippen molar-refractivity contribution >= 4 is 0 Å². The molecular formula is C10H16O3. The third-order valence-corrected chi connectivity index (χ3v) is 3.64. The van der Waals surface area contributed by atoms with E-state index < -0.39 is 5.79 Å². The van der Waals surface area contributed by atoms with Crippen LogP contribution in [0.5, 0.6) is 0 Å². The maximum atomic E-state index is 5.93. The number of hydrogen-bond acceptors (Lipinski definition) is 3. The van der Waals surface area contributed by atoms with Crippen LogP contribution in [0.25, 0.3) is 0 Å². The summed E-state index contributed by atoms with van der Waals surface area (Å²) in [4.78, 5) is 10.8. The molecule has 1 spiro atoms. The molecule has 0 N–H and O–H groups in total. The van der Waals surface area contributed by atoms with E-state index in [1.165, 1.54) is 25.7 Å². The van der Waals surface area contributed by atoms with Crippen molar-refractivity contribution in [3.8, 4) is 0 Å². The molecule has 2 aliphatic heterocycles. The van der Waals surface area contributed by atoms with E-state index in [9.17, 15) is 0 Å². The van der Waals surface area contributed by atoms with Gasteiger partial charge in [0, 0.05) is 18.8 Å². The highest BCUT2D eigenvalue weighted by atomic mass is 17.3. The second-order valence-corrected chi connectivity index (χ2v) is 4.70. The fraction of sp³-hybridized carbons (Fsp3) is 1.00. The third kappa shape index (κ3) is 1.07. The van der Waals surface area contributed by atoms with Crippen LogP contribution in [0, 0.1) is 5.92 Å². The summed E-state index contributed by atoms with van der Waals surface area (Å²) >= 11 is 0. The molecule has 1 saturated carbocycles. The molecule has 2 heterocycles. The molecule has 74 valence electrons. The standard InChI is InChI=1S/C10H16O3/c1-9-7-5-8-4-2-3-6-10(8,11-9)13-12-9/h8H,2-7H2,1H3/t8?,9-,10+/m0/s1. The average Bonchev–Trinajstić information content (AvgIpc) is 2.38. The summed E-state index contributed by atoms with van der Waals surface area (Å²) in [6.07, 6.45) is 6.93. The molecule has 3 nitrogen and oxygen atoms in total. The van der Waals surface area contributed by atoms with Gasteiger partial charge in [0.2, 0.25) is 11.6 Å². The van der Waals surface area contributed by atoms with Crippen LogP contribution in [0.2, 0.25) is 0 Å². The zero-order valence-corrected chi connectivity index (χ0v) is 8.04. The van der Waals surface area contributed by atoms with Crippen molar-refractivity contribution in [2.75, 3.05) is 0 Å². The third-order valence-electron chi connectivity index (χ3n) is 3.64. The quantitative estimate of drug-likeness (QED) is 0.541. The Morgan fingerprint density at radius 2 is 2.00 bits per heavy atom. The van der Waals surface area contributed by atoms with E-state index in [-0.39, 0.29) is 5.79 Å². The first-order chi connectivity index (χ1) is 6.23. The Bertz CT molecular complexity index is 226. The first-order valence-electron chi connectivity index (χ1n) is 5.30. The van der Waals surface area contributed by atoms with E-state index in [4.69, 9.17) is 14.5 Å². The van der Waals surface area contributed by atoms with Crippen LogP contribution >= 0.6 is 0 Å². The Hall–Kier alpha value is -0.120. The molecular weight excluding hydrogens is 168 g/mol. The lowest BCUT2D eigenvalue weighted by Crippen LogP contribution is -2.47. The summed E-state index contributed by atoms with van der Waals surface area (Å²) in [5.41, 5.74) is 0. The van der Waals surface area contributed by atoms with Gasteiger partial charge in [0.25, 0.3) is 0 Å². The maximum absolute atomic E-state index is 5.93. The molecule has 0 amide bonds. The Kier molecular flexibility index (Phi) is 1.56. The van der Waals surface area contributed by atoms with Crippen LogP contribution in [-0.2, 0) is 14.5 Å². The van der Waals surface area contributed by atoms with Gasteiger partial charge in [-0.3, -0.25) is 0 Å². The van der Waals surface area contributed by atoms with Gasteiger partial charge >= 0.3 is 0 Å². The number of ether oxygens (including phenoxy) is 1. The minimum Gasteiger partial charge on any atom is -0.312 e. The van der Waals surface area contributed by atoms with Crippen LogP contribution in [0.15, 0.2) is 0 Å². The van der Waals surface area contributed by atoms with Crippen molar-refractivity contribution in [1.82, 2.24) is 0 Å². The van der Waals surface area contributed by atoms with Gasteiger partial charge in [-0.15, -0.1) is 0 Å². The molecule has 3 aliphatic rings. The average molecular weight is 184 g/mol. The van der Waals surface area contributed by atoms with Gasteiger partial charge in [0.05, 0.1) is 0 Å². The molecule has 3 rings (SSSR count). The first-order valence-corrected chi connectivity index (χ1v) is 5.30. The van der Waals surface area contributed by atoms with Crippen molar-refractivity contribution in [3.05, 3.63) is 0 Å². The van der Waals surface area contributed by atoms with Gasteiger partial charge in [-0.05, 0) is 26.2 Å². The number of fused-ring (bicyclic) bond motifs is 1. The molecule has 0 aromatic rings. The highest BCUT2D eigenvalue weighted by Gasteiger charge is 2.58. The second-order valence-electron chi connectivity index (χ2n) is 4.70. The van der Waals surface area contributed by atoms with Gasteiger partial charge in [0.15, 0.2) is 0 Å². The largest absolute Gasteiger partial charge is 0.312 e. The summed E-state index contributed by atoms with van der Waals surface area (Å²) < 4.78 is 5.93. The van der Waals surface area contributed by atoms with E-state index in [0.717, 1.165) is 12.8 Å². The Labute approximate surface area is 78.3 Å². The van der Waals surface area contributed by atoms with Gasteiger partial charge < -0.3 is 4.74 Å². The van der Waals surface area contributed by atoms with Crippen LogP contribution in [-0.4, -0.2) is 11.6 Å². The van der Waals surface area contributed by atoms with E-state index >= 15 is 0 Å². The molecule has 1 aliphatic carbocycles. The fourth-order valence-corrected chi connectivity index (χ4v) is 2.88. The van der Waals surface area contributed by atoms with Crippen LogP contribution in [0.3, 0.4) is 0 Å². The van der Waals surface area contributed by atoms with Crippen molar-refractivity contribution in [2.24, 2.45) is 5.92 Å². The smallest absolute Gasteiger partial charge is 0.207 e. The van der Waals surface area contributed by atoms with Crippen LogP contribution in [0.1, 0.15) is 45.4 Å². The molecule has 2 saturated heterocycles. The predicted octanol–water partition coefficient (Wildman–Crippen LogP) is 2.36. The number of rotatable bonds is 0. The van der Waals surface area contributed by atoms with Crippen molar-refractivity contribution in [3.63, 3.8) is 0 Å². The molecule has 3 atom stereocenters. The molecule has 3 heteroatoms. The lowest BCUT2D eigenvalue weighted by atomic mass is 9.78. The first kappa shape index (κ1) is 8.21. The van der Waals surface area contributed by atoms with E-state index in [0.29, 0.717) is 5.92 Å². The topological polar surface area (TPSA) is 27.7 Å². The zero-order valence-electron chi connectivity index (χ0n) is 8.04. The van der Waals surface area contributed by atoms with Gasteiger partial charge in [-0.1, -0.05) is 6.42 Å². The van der Waals surface area contributed by atoms with Crippen molar-refractivity contribution in [2.45, 2.75) is 57.0 Å². The monoisotopic (exact) mass is 184 g/mol. The van der Waals surface area contributed by atoms with E-state index in [1.54, 1.807) is 0 Å². The molecule has 0 aromatic carbocycles. The minimum atomic E-state index is -0.451. The molecule has 2 bridgehead atoms. The minimum absolute atomic E-state index is 0.370. The summed E-state index contributed by atoms with van der Waals surface area (Å²) in [7, 11) is 0. The van der Waals surface area contributed by atoms with Gasteiger partial charge in [-0.25, -0.2) is 0 Å². The summed E-state index contributed by atoms with van der Waals surface area (Å²) in [5, 5.41) is 0. The summed E-state index contributed by atoms with van der Waals surface area (Å²) in [6.45, 7) is 1.98. The summed E-state index contributed by atoms with van der Waals surface area (Å²) in [5.74, 6) is -0.254. The second kappa shape index (κ2) is 2.47. The highest BCUT2D eigenvalue weighted by molar-refractivity contribution is 4.92. The number of hydrogen-bond donors (Lipinski definition) is 0. The van der Waals surface area contributed by atoms with E-state index in [1.807, 2.05) is 6.92 Å². The fourth-order valence-electron chi connectivity index (χ4n) is 2.88. The Balaban J connectivity index is 1.90. The lowest BCUT2D eigenvalue weighted by Gasteiger charge is -2.41. The Morgan fingerprint density at radius 1 is 1.08 bits per heavy atom. The highest BCUT2D eigenvalue weighted by Crippen LogP contribution is 2.53. The molecule has 0 aromatic heterocycles. The Morgan fingerprint density at radius 3 is 2.92 bits per heavy atom. The molecule has 13 heavy (non-hydrogen) atoms. The van der Waals surface area contributed by atoms with Crippen LogP contribution in [0.4, 0.5) is 0 Å². The van der Waals surface area contributed by atoms with Gasteiger partial charge in [-0.2, -0.15) is 9.78 Å². The lowest BCUT2D eigenvalue weighted by molar-refractivity contribution is -0.352. The maximum Gasteiger partial charge on any atom is 0.207 e. The normalized spacial score (nSPS) is 54.7. The molecule has 3 fully saturated rings. The zero-order chi connectivity index (χ0) is 8.94. The molecule has 1 unspecified atom stereocenters. The summed E-state index contributed by atoms with van der Waals surface area (Å²) in [6, 6.07) is 0. The van der Waals surface area contributed by atoms with Crippen molar-refractivity contribution < 1.29 is 14.5 Å². The predicted molar refractivity (Wildman–Crippen MR) is 45.6 cm³/mol. The molecule has 0 radical (unpaired) electrons.